The van der Waals surface area contributed by atoms with Gasteiger partial charge in [-0.2, -0.15) is 0 Å². The molecule has 4 rings (SSSR count). The number of hydrogen-bond acceptors (Lipinski definition) is 5. The summed E-state index contributed by atoms with van der Waals surface area (Å²) in [6.45, 7) is 1.47. The number of tetrazole rings is 1. The molecule has 0 saturated carbocycles. The standard InChI is InChI=1S/C20H23N5OS/c26-20(17-8-6-16(7-9-17)14-24-15-21-22-23-24)25-12-2-1-4-18(25)10-11-19-5-3-13-27-19/h3,5-9,13,15,18H,1-2,4,10-12,14H2/t18-/m0/s1. The first-order valence-electron chi connectivity index (χ1n) is 9.42. The number of amides is 1. The van der Waals surface area contributed by atoms with Crippen LogP contribution in [0.3, 0.4) is 0 Å². The van der Waals surface area contributed by atoms with Gasteiger partial charge in [-0.25, -0.2) is 4.68 Å². The van der Waals surface area contributed by atoms with Gasteiger partial charge in [-0.05, 0) is 71.7 Å². The highest BCUT2D eigenvalue weighted by atomic mass is 32.1. The van der Waals surface area contributed by atoms with Crippen LogP contribution in [0.15, 0.2) is 48.1 Å². The highest BCUT2D eigenvalue weighted by molar-refractivity contribution is 7.09. The van der Waals surface area contributed by atoms with Crippen LogP contribution in [0, 0.1) is 0 Å². The first kappa shape index (κ1) is 17.9. The zero-order valence-corrected chi connectivity index (χ0v) is 16.0. The number of carbonyl (C=O) groups is 1. The molecule has 1 atom stereocenters. The van der Waals surface area contributed by atoms with Gasteiger partial charge in [-0.15, -0.1) is 16.4 Å². The van der Waals surface area contributed by atoms with Crippen molar-refractivity contribution < 1.29 is 4.79 Å². The van der Waals surface area contributed by atoms with Crippen LogP contribution in [0.2, 0.25) is 0 Å². The first-order chi connectivity index (χ1) is 13.3. The summed E-state index contributed by atoms with van der Waals surface area (Å²) in [7, 11) is 0. The van der Waals surface area contributed by atoms with E-state index in [9.17, 15) is 4.79 Å². The fourth-order valence-corrected chi connectivity index (χ4v) is 4.41. The number of carbonyl (C=O) groups excluding carboxylic acids is 1. The maximum Gasteiger partial charge on any atom is 0.254 e. The second-order valence-electron chi connectivity index (χ2n) is 6.97. The molecule has 0 radical (unpaired) electrons. The maximum absolute atomic E-state index is 13.1. The van der Waals surface area contributed by atoms with Crippen molar-refractivity contribution in [2.45, 2.75) is 44.7 Å². The monoisotopic (exact) mass is 381 g/mol. The molecule has 27 heavy (non-hydrogen) atoms. The van der Waals surface area contributed by atoms with Gasteiger partial charge in [0.2, 0.25) is 0 Å². The van der Waals surface area contributed by atoms with Gasteiger partial charge < -0.3 is 4.90 Å². The molecule has 1 amide bonds. The SMILES string of the molecule is O=C(c1ccc(Cn2cnnn2)cc1)N1CCCC[C@H]1CCc1cccs1. The lowest BCUT2D eigenvalue weighted by molar-refractivity contribution is 0.0602. The largest absolute Gasteiger partial charge is 0.336 e. The van der Waals surface area contributed by atoms with Crippen molar-refractivity contribution in [1.82, 2.24) is 25.1 Å². The van der Waals surface area contributed by atoms with Gasteiger partial charge in [-0.1, -0.05) is 18.2 Å². The number of likely N-dealkylation sites (tertiary alicyclic amines) is 1. The molecule has 1 aliphatic rings. The van der Waals surface area contributed by atoms with Crippen LogP contribution in [-0.2, 0) is 13.0 Å². The van der Waals surface area contributed by atoms with Crippen molar-refractivity contribution in [1.29, 1.82) is 0 Å². The van der Waals surface area contributed by atoms with Crippen molar-refractivity contribution in [3.63, 3.8) is 0 Å². The lowest BCUT2D eigenvalue weighted by Crippen LogP contribution is -2.44. The molecule has 0 aliphatic carbocycles. The van der Waals surface area contributed by atoms with Crippen molar-refractivity contribution >= 4 is 17.2 Å². The fourth-order valence-electron chi connectivity index (χ4n) is 3.69. The Bertz CT molecular complexity index is 845. The van der Waals surface area contributed by atoms with Crippen molar-refractivity contribution in [2.75, 3.05) is 6.54 Å². The number of piperidine rings is 1. The first-order valence-corrected chi connectivity index (χ1v) is 10.3. The van der Waals surface area contributed by atoms with Gasteiger partial charge in [0.25, 0.3) is 5.91 Å². The molecular weight excluding hydrogens is 358 g/mol. The van der Waals surface area contributed by atoms with E-state index in [1.165, 1.54) is 11.3 Å². The molecule has 0 bridgehead atoms. The topological polar surface area (TPSA) is 63.9 Å². The summed E-state index contributed by atoms with van der Waals surface area (Å²) >= 11 is 1.80. The summed E-state index contributed by atoms with van der Waals surface area (Å²) in [5.74, 6) is 0.153. The van der Waals surface area contributed by atoms with E-state index in [1.54, 1.807) is 22.3 Å². The third-order valence-electron chi connectivity index (χ3n) is 5.13. The highest BCUT2D eigenvalue weighted by Crippen LogP contribution is 2.24. The second kappa shape index (κ2) is 8.43. The van der Waals surface area contributed by atoms with Gasteiger partial charge in [0.05, 0.1) is 6.54 Å². The summed E-state index contributed by atoms with van der Waals surface area (Å²) in [5, 5.41) is 13.3. The predicted octanol–water partition coefficient (Wildman–Crippen LogP) is 3.41. The molecule has 1 aromatic carbocycles. The molecule has 0 spiro atoms. The van der Waals surface area contributed by atoms with E-state index < -0.39 is 0 Å². The summed E-state index contributed by atoms with van der Waals surface area (Å²) in [5.41, 5.74) is 1.84. The summed E-state index contributed by atoms with van der Waals surface area (Å²) < 4.78 is 1.67. The van der Waals surface area contributed by atoms with E-state index in [2.05, 4.69) is 37.9 Å². The van der Waals surface area contributed by atoms with Gasteiger partial charge in [0.1, 0.15) is 6.33 Å². The smallest absolute Gasteiger partial charge is 0.254 e. The van der Waals surface area contributed by atoms with E-state index >= 15 is 0 Å². The van der Waals surface area contributed by atoms with Crippen LogP contribution in [0.25, 0.3) is 0 Å². The number of thiophene rings is 1. The van der Waals surface area contributed by atoms with Crippen LogP contribution < -0.4 is 0 Å². The molecule has 1 fully saturated rings. The number of hydrogen-bond donors (Lipinski definition) is 0. The fraction of sp³-hybridized carbons (Fsp3) is 0.400. The highest BCUT2D eigenvalue weighted by Gasteiger charge is 2.27. The molecule has 0 N–H and O–H groups in total. The third-order valence-corrected chi connectivity index (χ3v) is 6.07. The molecule has 1 saturated heterocycles. The Morgan fingerprint density at radius 2 is 2.07 bits per heavy atom. The lowest BCUT2D eigenvalue weighted by atomic mass is 9.96. The van der Waals surface area contributed by atoms with Gasteiger partial charge in [0.15, 0.2) is 0 Å². The number of rotatable bonds is 6. The Morgan fingerprint density at radius 1 is 1.19 bits per heavy atom. The summed E-state index contributed by atoms with van der Waals surface area (Å²) in [4.78, 5) is 16.6. The van der Waals surface area contributed by atoms with Crippen LogP contribution >= 0.6 is 11.3 Å². The van der Waals surface area contributed by atoms with E-state index in [-0.39, 0.29) is 5.91 Å². The van der Waals surface area contributed by atoms with Crippen LogP contribution in [0.5, 0.6) is 0 Å². The quantitative estimate of drug-likeness (QED) is 0.656. The van der Waals surface area contributed by atoms with Crippen molar-refractivity contribution in [3.05, 3.63) is 64.1 Å². The Labute approximate surface area is 162 Å². The Morgan fingerprint density at radius 3 is 2.81 bits per heavy atom. The minimum Gasteiger partial charge on any atom is -0.336 e. The van der Waals surface area contributed by atoms with Crippen molar-refractivity contribution in [2.24, 2.45) is 0 Å². The summed E-state index contributed by atoms with van der Waals surface area (Å²) in [6, 6.07) is 12.4. The normalized spacial score (nSPS) is 17.2. The molecule has 2 aromatic heterocycles. The zero-order valence-electron chi connectivity index (χ0n) is 15.2. The molecule has 140 valence electrons. The zero-order chi connectivity index (χ0) is 18.5. The van der Waals surface area contributed by atoms with Gasteiger partial charge in [-0.3, -0.25) is 4.79 Å². The molecular formula is C20H23N5OS. The number of aryl methyl sites for hydroxylation is 1. The van der Waals surface area contributed by atoms with Crippen LogP contribution in [0.1, 0.15) is 46.5 Å². The average Bonchev–Trinajstić information content (AvgIpc) is 3.41. The van der Waals surface area contributed by atoms with Crippen LogP contribution in [0.4, 0.5) is 0 Å². The van der Waals surface area contributed by atoms with Crippen LogP contribution in [-0.4, -0.2) is 43.6 Å². The molecule has 3 aromatic rings. The minimum absolute atomic E-state index is 0.153. The average molecular weight is 382 g/mol. The molecule has 1 aliphatic heterocycles. The number of nitrogens with zero attached hydrogens (tertiary/aromatic N) is 5. The van der Waals surface area contributed by atoms with Gasteiger partial charge >= 0.3 is 0 Å². The Hall–Kier alpha value is -2.54. The van der Waals surface area contributed by atoms with Crippen molar-refractivity contribution in [3.8, 4) is 0 Å². The maximum atomic E-state index is 13.1. The van der Waals surface area contributed by atoms with E-state index in [4.69, 9.17) is 0 Å². The lowest BCUT2D eigenvalue weighted by Gasteiger charge is -2.36. The predicted molar refractivity (Wildman–Crippen MR) is 105 cm³/mol. The number of aromatic nitrogens is 4. The molecule has 3 heterocycles. The van der Waals surface area contributed by atoms with Gasteiger partial charge in [0, 0.05) is 23.0 Å². The Balaban J connectivity index is 1.41. The molecule has 7 heteroatoms. The third kappa shape index (κ3) is 4.42. The minimum atomic E-state index is 0.153. The molecule has 6 nitrogen and oxygen atoms in total. The second-order valence-corrected chi connectivity index (χ2v) is 8.00. The van der Waals surface area contributed by atoms with E-state index in [0.29, 0.717) is 12.6 Å². The molecule has 0 unspecified atom stereocenters. The van der Waals surface area contributed by atoms with E-state index in [0.717, 1.165) is 43.4 Å². The summed E-state index contributed by atoms with van der Waals surface area (Å²) in [6.07, 6.45) is 7.10. The van der Waals surface area contributed by atoms with E-state index in [1.807, 2.05) is 24.3 Å². The number of benzene rings is 1. The Kier molecular flexibility index (Phi) is 5.58.